The number of hydrogen-bond acceptors (Lipinski definition) is 1. The van der Waals surface area contributed by atoms with Gasteiger partial charge in [-0.15, -0.1) is 0 Å². The van der Waals surface area contributed by atoms with Gasteiger partial charge in [0.1, 0.15) is 0 Å². The number of hydrogen-bond donors (Lipinski definition) is 1. The van der Waals surface area contributed by atoms with Crippen molar-refractivity contribution in [1.29, 1.82) is 0 Å². The minimum Gasteiger partial charge on any atom is -0.388 e. The first kappa shape index (κ1) is 12.4. The van der Waals surface area contributed by atoms with Gasteiger partial charge in [0.25, 0.3) is 0 Å². The van der Waals surface area contributed by atoms with E-state index >= 15 is 0 Å². The van der Waals surface area contributed by atoms with E-state index in [4.69, 9.17) is 0 Å². The monoisotopic (exact) mass is 230 g/mol. The van der Waals surface area contributed by atoms with Crippen LogP contribution in [0.4, 0.5) is 0 Å². The third-order valence-corrected chi connectivity index (χ3v) is 3.61. The summed E-state index contributed by atoms with van der Waals surface area (Å²) in [7, 11) is 0. The van der Waals surface area contributed by atoms with Crippen molar-refractivity contribution < 1.29 is 5.11 Å². The lowest BCUT2D eigenvalue weighted by Gasteiger charge is -2.17. The van der Waals surface area contributed by atoms with Crippen LogP contribution in [0.25, 0.3) is 0 Å². The first-order valence-electron chi connectivity index (χ1n) is 6.74. The van der Waals surface area contributed by atoms with Gasteiger partial charge >= 0.3 is 0 Å². The van der Waals surface area contributed by atoms with Crippen LogP contribution in [-0.2, 0) is 6.42 Å². The normalized spacial score (nSPS) is 17.6. The number of aliphatic hydroxyl groups excluding tert-OH is 1. The molecule has 1 aliphatic carbocycles. The first-order chi connectivity index (χ1) is 8.29. The highest BCUT2D eigenvalue weighted by Crippen LogP contribution is 2.27. The Hall–Kier alpha value is -1.08. The van der Waals surface area contributed by atoms with Gasteiger partial charge < -0.3 is 5.11 Å². The fourth-order valence-electron chi connectivity index (χ4n) is 2.43. The minimum atomic E-state index is -0.328. The van der Waals surface area contributed by atoms with Crippen molar-refractivity contribution in [2.45, 2.75) is 51.6 Å². The Morgan fingerprint density at radius 1 is 1.18 bits per heavy atom. The van der Waals surface area contributed by atoms with E-state index in [9.17, 15) is 5.11 Å². The molecular formula is C16H22O. The van der Waals surface area contributed by atoms with Gasteiger partial charge in [-0.1, -0.05) is 42.8 Å². The molecule has 0 spiro atoms. The Labute approximate surface area is 104 Å². The van der Waals surface area contributed by atoms with Crippen molar-refractivity contribution in [3.8, 4) is 0 Å². The molecule has 0 radical (unpaired) electrons. The molecule has 1 heteroatoms. The van der Waals surface area contributed by atoms with E-state index in [-0.39, 0.29) is 6.10 Å². The topological polar surface area (TPSA) is 20.2 Å². The summed E-state index contributed by atoms with van der Waals surface area (Å²) >= 11 is 0. The number of rotatable bonds is 4. The second-order valence-electron chi connectivity index (χ2n) is 4.92. The van der Waals surface area contributed by atoms with Crippen LogP contribution >= 0.6 is 0 Å². The Morgan fingerprint density at radius 2 is 1.94 bits per heavy atom. The van der Waals surface area contributed by atoms with Gasteiger partial charge in [0.15, 0.2) is 0 Å². The lowest BCUT2D eigenvalue weighted by Crippen LogP contribution is -2.02. The summed E-state index contributed by atoms with van der Waals surface area (Å²) in [6.45, 7) is 2.15. The molecule has 1 N–H and O–H groups in total. The first-order valence-corrected chi connectivity index (χ1v) is 6.74. The molecular weight excluding hydrogens is 208 g/mol. The summed E-state index contributed by atoms with van der Waals surface area (Å²) < 4.78 is 0. The molecule has 17 heavy (non-hydrogen) atoms. The highest BCUT2D eigenvalue weighted by atomic mass is 16.3. The summed E-state index contributed by atoms with van der Waals surface area (Å²) in [6.07, 6.45) is 8.81. The molecule has 0 aromatic heterocycles. The van der Waals surface area contributed by atoms with Crippen LogP contribution in [0.5, 0.6) is 0 Å². The molecule has 0 saturated carbocycles. The molecule has 0 saturated heterocycles. The Balaban J connectivity index is 1.98. The fourth-order valence-corrected chi connectivity index (χ4v) is 2.43. The standard InChI is InChI=1S/C16H22O/c1-2-13-8-10-15(11-9-13)16(17)12-14-6-4-3-5-7-14/h6,8-11,16-17H,2-5,7,12H2,1H3. The minimum absolute atomic E-state index is 0.328. The van der Waals surface area contributed by atoms with Gasteiger partial charge in [-0.2, -0.15) is 0 Å². The van der Waals surface area contributed by atoms with Crippen molar-refractivity contribution in [3.05, 3.63) is 47.0 Å². The third-order valence-electron chi connectivity index (χ3n) is 3.61. The molecule has 1 aromatic carbocycles. The van der Waals surface area contributed by atoms with Crippen LogP contribution in [-0.4, -0.2) is 5.11 Å². The van der Waals surface area contributed by atoms with E-state index in [0.29, 0.717) is 0 Å². The lowest BCUT2D eigenvalue weighted by molar-refractivity contribution is 0.176. The van der Waals surface area contributed by atoms with E-state index in [1.807, 2.05) is 0 Å². The van der Waals surface area contributed by atoms with Gasteiger partial charge in [0, 0.05) is 0 Å². The molecule has 0 heterocycles. The summed E-state index contributed by atoms with van der Waals surface area (Å²) in [4.78, 5) is 0. The molecule has 0 fully saturated rings. The molecule has 0 amide bonds. The molecule has 92 valence electrons. The van der Waals surface area contributed by atoms with Gasteiger partial charge in [-0.05, 0) is 49.7 Å². The maximum atomic E-state index is 10.2. The SMILES string of the molecule is CCc1ccc(C(O)CC2=CCCCC2)cc1. The van der Waals surface area contributed by atoms with E-state index in [1.54, 1.807) is 0 Å². The van der Waals surface area contributed by atoms with Gasteiger partial charge in [0.05, 0.1) is 6.10 Å². The van der Waals surface area contributed by atoms with Crippen molar-refractivity contribution in [2.75, 3.05) is 0 Å². The number of benzene rings is 1. The van der Waals surface area contributed by atoms with Crippen molar-refractivity contribution in [2.24, 2.45) is 0 Å². The number of allylic oxidation sites excluding steroid dienone is 1. The van der Waals surface area contributed by atoms with Crippen molar-refractivity contribution >= 4 is 0 Å². The quantitative estimate of drug-likeness (QED) is 0.770. The zero-order chi connectivity index (χ0) is 12.1. The second kappa shape index (κ2) is 6.02. The molecule has 2 rings (SSSR count). The Bertz CT molecular complexity index is 375. The predicted octanol–water partition coefficient (Wildman–Crippen LogP) is 4.17. The van der Waals surface area contributed by atoms with Crippen LogP contribution < -0.4 is 0 Å². The number of aryl methyl sites for hydroxylation is 1. The molecule has 0 aliphatic heterocycles. The molecule has 1 aliphatic rings. The summed E-state index contributed by atoms with van der Waals surface area (Å²) in [6, 6.07) is 8.36. The van der Waals surface area contributed by atoms with Crippen molar-refractivity contribution in [1.82, 2.24) is 0 Å². The summed E-state index contributed by atoms with van der Waals surface area (Å²) in [5.41, 5.74) is 3.81. The average Bonchev–Trinajstić information content (AvgIpc) is 2.40. The molecule has 1 nitrogen and oxygen atoms in total. The Morgan fingerprint density at radius 3 is 2.53 bits per heavy atom. The second-order valence-corrected chi connectivity index (χ2v) is 4.92. The highest BCUT2D eigenvalue weighted by Gasteiger charge is 2.11. The smallest absolute Gasteiger partial charge is 0.0827 e. The maximum absolute atomic E-state index is 10.2. The summed E-state index contributed by atoms with van der Waals surface area (Å²) in [5, 5.41) is 10.2. The fraction of sp³-hybridized carbons (Fsp3) is 0.500. The highest BCUT2D eigenvalue weighted by molar-refractivity contribution is 5.25. The van der Waals surface area contributed by atoms with Crippen LogP contribution in [0.1, 0.15) is 56.3 Å². The van der Waals surface area contributed by atoms with Crippen LogP contribution in [0.2, 0.25) is 0 Å². The van der Waals surface area contributed by atoms with Gasteiger partial charge in [-0.25, -0.2) is 0 Å². The molecule has 1 aromatic rings. The van der Waals surface area contributed by atoms with Crippen LogP contribution in [0.3, 0.4) is 0 Å². The summed E-state index contributed by atoms with van der Waals surface area (Å²) in [5.74, 6) is 0. The van der Waals surface area contributed by atoms with E-state index in [2.05, 4.69) is 37.3 Å². The van der Waals surface area contributed by atoms with Crippen molar-refractivity contribution in [3.63, 3.8) is 0 Å². The molecule has 1 unspecified atom stereocenters. The van der Waals surface area contributed by atoms with E-state index in [0.717, 1.165) is 18.4 Å². The van der Waals surface area contributed by atoms with Crippen LogP contribution in [0, 0.1) is 0 Å². The lowest BCUT2D eigenvalue weighted by atomic mass is 9.92. The molecule has 0 bridgehead atoms. The largest absolute Gasteiger partial charge is 0.388 e. The Kier molecular flexibility index (Phi) is 4.38. The zero-order valence-electron chi connectivity index (χ0n) is 10.7. The third kappa shape index (κ3) is 3.44. The van der Waals surface area contributed by atoms with E-state index in [1.165, 1.54) is 36.8 Å². The zero-order valence-corrected chi connectivity index (χ0v) is 10.7. The van der Waals surface area contributed by atoms with E-state index < -0.39 is 0 Å². The van der Waals surface area contributed by atoms with Gasteiger partial charge in [-0.3, -0.25) is 0 Å². The maximum Gasteiger partial charge on any atom is 0.0827 e. The average molecular weight is 230 g/mol. The van der Waals surface area contributed by atoms with Gasteiger partial charge in [0.2, 0.25) is 0 Å². The molecule has 1 atom stereocenters. The van der Waals surface area contributed by atoms with Crippen LogP contribution in [0.15, 0.2) is 35.9 Å². The number of aliphatic hydroxyl groups is 1. The predicted molar refractivity (Wildman–Crippen MR) is 71.9 cm³/mol.